The number of carbonyl (C=O) groups is 1. The van der Waals surface area contributed by atoms with Crippen molar-refractivity contribution >= 4 is 28.6 Å². The Labute approximate surface area is 163 Å². The van der Waals surface area contributed by atoms with E-state index in [1.54, 1.807) is 12.3 Å². The van der Waals surface area contributed by atoms with Crippen LogP contribution in [0.3, 0.4) is 0 Å². The predicted molar refractivity (Wildman–Crippen MR) is 104 cm³/mol. The van der Waals surface area contributed by atoms with Gasteiger partial charge >= 0.3 is 5.97 Å². The Bertz CT molecular complexity index is 1050. The second-order valence-corrected chi connectivity index (χ2v) is 7.68. The fourth-order valence-corrected chi connectivity index (χ4v) is 3.81. The van der Waals surface area contributed by atoms with E-state index in [0.717, 1.165) is 15.4 Å². The quantitative estimate of drug-likeness (QED) is 0.434. The monoisotopic (exact) mass is 397 g/mol. The molecular weight excluding hydrogens is 382 g/mol. The first-order chi connectivity index (χ1) is 13.1. The van der Waals surface area contributed by atoms with Crippen LogP contribution in [0, 0.1) is 6.92 Å². The zero-order valence-corrected chi connectivity index (χ0v) is 16.2. The Kier molecular flexibility index (Phi) is 4.83. The van der Waals surface area contributed by atoms with Crippen LogP contribution in [0.25, 0.3) is 21.3 Å². The van der Waals surface area contributed by atoms with E-state index in [4.69, 9.17) is 9.15 Å². The first-order valence-electron chi connectivity index (χ1n) is 8.21. The molecule has 4 rings (SSSR count). The molecule has 3 heterocycles. The van der Waals surface area contributed by atoms with Gasteiger partial charge in [0.1, 0.15) is 5.01 Å². The molecule has 0 N–H and O–H groups in total. The van der Waals surface area contributed by atoms with Crippen molar-refractivity contribution in [2.45, 2.75) is 20.0 Å². The first kappa shape index (κ1) is 17.6. The molecule has 3 aromatic heterocycles. The molecule has 0 unspecified atom stereocenters. The Morgan fingerprint density at radius 1 is 1.15 bits per heavy atom. The third-order valence-corrected chi connectivity index (χ3v) is 5.57. The Morgan fingerprint density at radius 3 is 2.70 bits per heavy atom. The average Bonchev–Trinajstić information content (AvgIpc) is 3.42. The van der Waals surface area contributed by atoms with Gasteiger partial charge in [0.2, 0.25) is 0 Å². The van der Waals surface area contributed by atoms with Crippen LogP contribution < -0.4 is 0 Å². The number of rotatable bonds is 5. The van der Waals surface area contributed by atoms with Gasteiger partial charge in [-0.2, -0.15) is 0 Å². The molecule has 1 aromatic carbocycles. The van der Waals surface area contributed by atoms with E-state index in [2.05, 4.69) is 15.2 Å². The summed E-state index contributed by atoms with van der Waals surface area (Å²) in [5.74, 6) is 0.145. The van der Waals surface area contributed by atoms with Crippen LogP contribution in [0.4, 0.5) is 0 Å². The number of thiophene rings is 1. The molecule has 0 saturated carbocycles. The van der Waals surface area contributed by atoms with Gasteiger partial charge in [0.15, 0.2) is 11.8 Å². The molecule has 0 radical (unpaired) electrons. The van der Waals surface area contributed by atoms with Crippen LogP contribution in [0.1, 0.15) is 35.0 Å². The lowest BCUT2D eigenvalue weighted by atomic mass is 10.2. The van der Waals surface area contributed by atoms with Crippen molar-refractivity contribution in [3.8, 4) is 21.3 Å². The Morgan fingerprint density at radius 2 is 1.96 bits per heavy atom. The molecule has 0 fully saturated rings. The zero-order chi connectivity index (χ0) is 18.8. The molecule has 0 amide bonds. The van der Waals surface area contributed by atoms with Crippen molar-refractivity contribution in [1.29, 1.82) is 0 Å². The molecule has 1 atom stereocenters. The third kappa shape index (κ3) is 3.81. The van der Waals surface area contributed by atoms with Gasteiger partial charge < -0.3 is 9.15 Å². The minimum atomic E-state index is -0.664. The van der Waals surface area contributed by atoms with E-state index in [-0.39, 0.29) is 11.6 Å². The fraction of sp³-hybridized carbons (Fsp3) is 0.158. The van der Waals surface area contributed by atoms with Gasteiger partial charge in [-0.05, 0) is 25.3 Å². The van der Waals surface area contributed by atoms with Gasteiger partial charge in [-0.25, -0.2) is 9.78 Å². The van der Waals surface area contributed by atoms with E-state index < -0.39 is 12.1 Å². The van der Waals surface area contributed by atoms with Crippen molar-refractivity contribution in [1.82, 2.24) is 15.2 Å². The van der Waals surface area contributed by atoms with Gasteiger partial charge in [-0.3, -0.25) is 0 Å². The molecule has 0 aliphatic rings. The maximum atomic E-state index is 12.4. The van der Waals surface area contributed by atoms with Crippen molar-refractivity contribution < 1.29 is 13.9 Å². The summed E-state index contributed by atoms with van der Waals surface area (Å²) in [5, 5.41) is 12.4. The summed E-state index contributed by atoms with van der Waals surface area (Å²) in [6.45, 7) is 3.72. The van der Waals surface area contributed by atoms with Crippen molar-refractivity contribution in [2.75, 3.05) is 0 Å². The van der Waals surface area contributed by atoms with Crippen molar-refractivity contribution in [3.05, 3.63) is 64.3 Å². The number of hydrogen-bond acceptors (Lipinski definition) is 8. The van der Waals surface area contributed by atoms with Crippen molar-refractivity contribution in [3.63, 3.8) is 0 Å². The number of esters is 1. The smallest absolute Gasteiger partial charge is 0.358 e. The van der Waals surface area contributed by atoms with E-state index >= 15 is 0 Å². The Hall–Kier alpha value is -2.84. The highest BCUT2D eigenvalue weighted by atomic mass is 32.1. The summed E-state index contributed by atoms with van der Waals surface area (Å²) in [6.07, 6.45) is -0.664. The average molecular weight is 397 g/mol. The number of hydrogen-bond donors (Lipinski definition) is 0. The normalized spacial score (nSPS) is 12.1. The minimum Gasteiger partial charge on any atom is -0.448 e. The van der Waals surface area contributed by atoms with Gasteiger partial charge in [0, 0.05) is 10.9 Å². The highest BCUT2D eigenvalue weighted by Gasteiger charge is 2.22. The molecule has 0 bridgehead atoms. The highest BCUT2D eigenvalue weighted by Crippen LogP contribution is 2.27. The molecule has 4 aromatic rings. The fourth-order valence-electron chi connectivity index (χ4n) is 2.37. The summed E-state index contributed by atoms with van der Waals surface area (Å²) < 4.78 is 11.0. The third-order valence-electron chi connectivity index (χ3n) is 3.82. The van der Waals surface area contributed by atoms with Gasteiger partial charge in [0.25, 0.3) is 11.8 Å². The lowest BCUT2D eigenvalue weighted by Crippen LogP contribution is -2.10. The standard InChI is InChI=1S/C19H15N3O3S2/c1-11-5-7-13(8-6-11)18-20-14(10-27-18)19(23)24-12(2)16-21-22-17(25-16)15-4-3-9-26-15/h3-10,12H,1-2H3/t12-/m1/s1. The van der Waals surface area contributed by atoms with Crippen LogP contribution in [-0.4, -0.2) is 21.2 Å². The molecule has 0 spiro atoms. The van der Waals surface area contributed by atoms with E-state index in [9.17, 15) is 4.79 Å². The van der Waals surface area contributed by atoms with E-state index in [0.29, 0.717) is 5.89 Å². The topological polar surface area (TPSA) is 78.1 Å². The Balaban J connectivity index is 1.45. The summed E-state index contributed by atoms with van der Waals surface area (Å²) in [5.41, 5.74) is 2.40. The molecule has 6 nitrogen and oxygen atoms in total. The van der Waals surface area contributed by atoms with E-state index in [1.807, 2.05) is 48.7 Å². The van der Waals surface area contributed by atoms with Gasteiger partial charge in [-0.1, -0.05) is 35.9 Å². The highest BCUT2D eigenvalue weighted by molar-refractivity contribution is 7.13. The molecular formula is C19H15N3O3S2. The number of carbonyl (C=O) groups excluding carboxylic acids is 1. The lowest BCUT2D eigenvalue weighted by Gasteiger charge is -2.07. The van der Waals surface area contributed by atoms with E-state index in [1.165, 1.54) is 28.2 Å². The van der Waals surface area contributed by atoms with Gasteiger partial charge in [-0.15, -0.1) is 32.9 Å². The summed E-state index contributed by atoms with van der Waals surface area (Å²) >= 11 is 2.90. The summed E-state index contributed by atoms with van der Waals surface area (Å²) in [7, 11) is 0. The number of aryl methyl sites for hydroxylation is 1. The van der Waals surface area contributed by atoms with Crippen LogP contribution >= 0.6 is 22.7 Å². The number of aromatic nitrogens is 3. The molecule has 136 valence electrons. The predicted octanol–water partition coefficient (Wildman–Crippen LogP) is 5.15. The molecule has 0 saturated heterocycles. The first-order valence-corrected chi connectivity index (χ1v) is 9.97. The minimum absolute atomic E-state index is 0.251. The summed E-state index contributed by atoms with van der Waals surface area (Å²) in [6, 6.07) is 11.8. The largest absolute Gasteiger partial charge is 0.448 e. The van der Waals surface area contributed by atoms with Crippen LogP contribution in [0.15, 0.2) is 51.6 Å². The second kappa shape index (κ2) is 7.42. The van der Waals surface area contributed by atoms with Crippen LogP contribution in [0.2, 0.25) is 0 Å². The molecule has 8 heteroatoms. The number of benzene rings is 1. The number of nitrogens with zero attached hydrogens (tertiary/aromatic N) is 3. The number of ether oxygens (including phenoxy) is 1. The maximum absolute atomic E-state index is 12.4. The zero-order valence-electron chi connectivity index (χ0n) is 14.6. The number of thiazole rings is 1. The molecule has 27 heavy (non-hydrogen) atoms. The molecule has 0 aliphatic heterocycles. The summed E-state index contributed by atoms with van der Waals surface area (Å²) in [4.78, 5) is 17.6. The van der Waals surface area contributed by atoms with Gasteiger partial charge in [0.05, 0.1) is 4.88 Å². The van der Waals surface area contributed by atoms with Crippen LogP contribution in [0.5, 0.6) is 0 Å². The molecule has 0 aliphatic carbocycles. The second-order valence-electron chi connectivity index (χ2n) is 5.87. The lowest BCUT2D eigenvalue weighted by molar-refractivity contribution is 0.0274. The van der Waals surface area contributed by atoms with Crippen LogP contribution in [-0.2, 0) is 4.74 Å². The SMILES string of the molecule is Cc1ccc(-c2nc(C(=O)O[C@H](C)c3nnc(-c4cccs4)o3)cs2)cc1. The maximum Gasteiger partial charge on any atom is 0.358 e. The van der Waals surface area contributed by atoms with Crippen molar-refractivity contribution in [2.24, 2.45) is 0 Å².